The van der Waals surface area contributed by atoms with Crippen LogP contribution in [0.4, 0.5) is 10.5 Å². The number of ether oxygens (including phenoxy) is 1. The first-order valence-electron chi connectivity index (χ1n) is 9.00. The van der Waals surface area contributed by atoms with Gasteiger partial charge in [0, 0.05) is 5.56 Å². The second-order valence-electron chi connectivity index (χ2n) is 6.43. The van der Waals surface area contributed by atoms with E-state index in [0.29, 0.717) is 11.3 Å². The number of ketones is 1. The lowest BCUT2D eigenvalue weighted by atomic mass is 10.1. The van der Waals surface area contributed by atoms with E-state index < -0.39 is 17.6 Å². The molecule has 160 valence electrons. The van der Waals surface area contributed by atoms with Gasteiger partial charge in [-0.15, -0.1) is 0 Å². The minimum absolute atomic E-state index is 0.00769. The predicted octanol–water partition coefficient (Wildman–Crippen LogP) is 4.54. The number of benzene rings is 2. The fraction of sp³-hybridized carbons (Fsp3) is 0. The van der Waals surface area contributed by atoms with Crippen molar-refractivity contribution in [3.8, 4) is 17.5 Å². The molecule has 0 saturated carbocycles. The summed E-state index contributed by atoms with van der Waals surface area (Å²) in [6.07, 6.45) is 2.40. The number of anilines is 1. The van der Waals surface area contributed by atoms with Crippen LogP contribution in [0.15, 0.2) is 66.0 Å². The molecule has 2 heterocycles. The van der Waals surface area contributed by atoms with Gasteiger partial charge in [-0.05, 0) is 12.1 Å². The summed E-state index contributed by atoms with van der Waals surface area (Å²) >= 11 is 12.6. The van der Waals surface area contributed by atoms with Gasteiger partial charge in [0.2, 0.25) is 5.78 Å². The van der Waals surface area contributed by atoms with Crippen molar-refractivity contribution in [3.63, 3.8) is 0 Å². The van der Waals surface area contributed by atoms with Gasteiger partial charge in [0.15, 0.2) is 17.2 Å². The van der Waals surface area contributed by atoms with Crippen molar-refractivity contribution >= 4 is 46.9 Å². The molecule has 2 aromatic carbocycles. The number of nitrogens with one attached hydrogen (secondary N) is 1. The molecule has 32 heavy (non-hydrogen) atoms. The summed E-state index contributed by atoms with van der Waals surface area (Å²) in [4.78, 5) is 32.6. The summed E-state index contributed by atoms with van der Waals surface area (Å²) < 4.78 is 5.59. The molecular formula is C21H13Cl2N5O4. The lowest BCUT2D eigenvalue weighted by Gasteiger charge is -2.22. The Morgan fingerprint density at radius 1 is 1.16 bits per heavy atom. The highest BCUT2D eigenvalue weighted by atomic mass is 35.5. The minimum Gasteiger partial charge on any atom is -0.504 e. The van der Waals surface area contributed by atoms with Gasteiger partial charge in [0.1, 0.15) is 0 Å². The number of rotatable bonds is 5. The van der Waals surface area contributed by atoms with Gasteiger partial charge in [0.25, 0.3) is 0 Å². The van der Waals surface area contributed by atoms with Gasteiger partial charge in [-0.1, -0.05) is 60.1 Å². The maximum atomic E-state index is 12.7. The molecule has 1 aliphatic rings. The van der Waals surface area contributed by atoms with Crippen LogP contribution in [0.3, 0.4) is 0 Å². The highest BCUT2D eigenvalue weighted by molar-refractivity contribution is 6.37. The van der Waals surface area contributed by atoms with E-state index in [1.807, 2.05) is 0 Å². The number of hydrogen-bond acceptors (Lipinski definition) is 7. The first-order chi connectivity index (χ1) is 15.3. The summed E-state index contributed by atoms with van der Waals surface area (Å²) in [5.41, 5.74) is 0.703. The molecule has 0 fully saturated rings. The van der Waals surface area contributed by atoms with Crippen molar-refractivity contribution < 1.29 is 19.4 Å². The highest BCUT2D eigenvalue weighted by Crippen LogP contribution is 2.39. The monoisotopic (exact) mass is 469 g/mol. The van der Waals surface area contributed by atoms with Crippen molar-refractivity contribution in [2.24, 2.45) is 5.10 Å². The molecule has 3 aromatic rings. The molecule has 9 nitrogen and oxygen atoms in total. The number of hydrogen-bond donors (Lipinski definition) is 2. The Morgan fingerprint density at radius 3 is 2.50 bits per heavy atom. The fourth-order valence-corrected chi connectivity index (χ4v) is 3.30. The van der Waals surface area contributed by atoms with Gasteiger partial charge in [0.05, 0.1) is 33.8 Å². The minimum atomic E-state index is -0.538. The van der Waals surface area contributed by atoms with Crippen LogP contribution in [0.2, 0.25) is 10.0 Å². The maximum Gasteiger partial charge on any atom is 0.347 e. The van der Waals surface area contributed by atoms with E-state index in [4.69, 9.17) is 27.9 Å². The zero-order valence-corrected chi connectivity index (χ0v) is 17.6. The molecule has 0 saturated heterocycles. The van der Waals surface area contributed by atoms with Crippen LogP contribution in [-0.2, 0) is 0 Å². The van der Waals surface area contributed by atoms with Crippen molar-refractivity contribution in [2.75, 3.05) is 5.01 Å². The SMILES string of the molecule is C=C1C=NN(c2cc(Cl)c(Oc3ncc(O)c(C(=O)c4ccccc4)n3)c(Cl)c2)C(=O)N1. The van der Waals surface area contributed by atoms with E-state index in [-0.39, 0.29) is 33.2 Å². The van der Waals surface area contributed by atoms with Crippen LogP contribution in [-0.4, -0.2) is 33.1 Å². The molecule has 1 aliphatic heterocycles. The number of hydrazone groups is 1. The number of carbonyl (C=O) groups is 2. The van der Waals surface area contributed by atoms with Gasteiger partial charge in [-0.3, -0.25) is 4.79 Å². The summed E-state index contributed by atoms with van der Waals surface area (Å²) in [6.45, 7) is 3.60. The Kier molecular flexibility index (Phi) is 5.76. The summed E-state index contributed by atoms with van der Waals surface area (Å²) in [7, 11) is 0. The molecule has 2 amide bonds. The topological polar surface area (TPSA) is 117 Å². The Balaban J connectivity index is 1.64. The second-order valence-corrected chi connectivity index (χ2v) is 7.25. The highest BCUT2D eigenvalue weighted by Gasteiger charge is 2.23. The molecule has 0 unspecified atom stereocenters. The Hall–Kier alpha value is -3.95. The quantitative estimate of drug-likeness (QED) is 0.529. The van der Waals surface area contributed by atoms with Crippen molar-refractivity contribution in [1.29, 1.82) is 0 Å². The standard InChI is InChI=1S/C21H13Cl2N5O4/c1-11-9-25-28(21(31)26-11)13-7-14(22)19(15(23)8-13)32-20-24-10-16(29)17(27-20)18(30)12-5-3-2-4-6-12/h2-10,29H,1H2,(H,26,31). The molecule has 0 aliphatic carbocycles. The van der Waals surface area contributed by atoms with Gasteiger partial charge >= 0.3 is 12.0 Å². The number of nitrogens with zero attached hydrogens (tertiary/aromatic N) is 4. The van der Waals surface area contributed by atoms with Crippen LogP contribution in [0.25, 0.3) is 0 Å². The molecule has 0 spiro atoms. The molecule has 0 radical (unpaired) electrons. The zero-order chi connectivity index (χ0) is 22.8. The molecule has 0 bridgehead atoms. The number of amides is 2. The third-order valence-corrected chi connectivity index (χ3v) is 4.77. The average Bonchev–Trinajstić information content (AvgIpc) is 2.77. The molecular weight excluding hydrogens is 457 g/mol. The first-order valence-corrected chi connectivity index (χ1v) is 9.75. The third kappa shape index (κ3) is 4.25. The smallest absolute Gasteiger partial charge is 0.347 e. The van der Waals surface area contributed by atoms with E-state index in [1.54, 1.807) is 30.3 Å². The van der Waals surface area contributed by atoms with E-state index in [9.17, 15) is 14.7 Å². The maximum absolute atomic E-state index is 12.7. The summed E-state index contributed by atoms with van der Waals surface area (Å²) in [5.74, 6) is -0.931. The average molecular weight is 470 g/mol. The molecule has 0 atom stereocenters. The molecule has 1 aromatic heterocycles. The van der Waals surface area contributed by atoms with Gasteiger partial charge < -0.3 is 15.2 Å². The van der Waals surface area contributed by atoms with Crippen LogP contribution < -0.4 is 15.1 Å². The first kappa shape index (κ1) is 21.3. The third-order valence-electron chi connectivity index (χ3n) is 4.21. The fourth-order valence-electron chi connectivity index (χ4n) is 2.75. The number of allylic oxidation sites excluding steroid dienone is 1. The van der Waals surface area contributed by atoms with Gasteiger partial charge in [-0.25, -0.2) is 4.79 Å². The molecule has 2 N–H and O–H groups in total. The Bertz CT molecular complexity index is 1260. The van der Waals surface area contributed by atoms with E-state index in [0.717, 1.165) is 11.2 Å². The summed E-state index contributed by atoms with van der Waals surface area (Å²) in [6, 6.07) is 10.3. The van der Waals surface area contributed by atoms with Crippen LogP contribution in [0.5, 0.6) is 17.5 Å². The van der Waals surface area contributed by atoms with Crippen molar-refractivity contribution in [3.05, 3.63) is 82.2 Å². The number of carbonyl (C=O) groups excluding carboxylic acids is 2. The number of urea groups is 1. The van der Waals surface area contributed by atoms with Crippen LogP contribution >= 0.6 is 23.2 Å². The number of halogens is 2. The number of aromatic hydroxyl groups is 1. The molecule has 11 heteroatoms. The number of aromatic nitrogens is 2. The predicted molar refractivity (Wildman–Crippen MR) is 119 cm³/mol. The van der Waals surface area contributed by atoms with Gasteiger partial charge in [-0.2, -0.15) is 20.1 Å². The largest absolute Gasteiger partial charge is 0.504 e. The lowest BCUT2D eigenvalue weighted by molar-refractivity contribution is 0.103. The van der Waals surface area contributed by atoms with E-state index >= 15 is 0 Å². The lowest BCUT2D eigenvalue weighted by Crippen LogP contribution is -2.40. The Labute approximate surface area is 191 Å². The van der Waals surface area contributed by atoms with Crippen molar-refractivity contribution in [1.82, 2.24) is 15.3 Å². The van der Waals surface area contributed by atoms with E-state index in [2.05, 4.69) is 27.0 Å². The van der Waals surface area contributed by atoms with Crippen LogP contribution in [0.1, 0.15) is 16.1 Å². The van der Waals surface area contributed by atoms with Crippen LogP contribution in [0, 0.1) is 0 Å². The molecule has 4 rings (SSSR count). The van der Waals surface area contributed by atoms with E-state index in [1.165, 1.54) is 18.3 Å². The Morgan fingerprint density at radius 2 is 1.84 bits per heavy atom. The van der Waals surface area contributed by atoms with Crippen molar-refractivity contribution in [2.45, 2.75) is 0 Å². The summed E-state index contributed by atoms with van der Waals surface area (Å²) in [5, 5.41) is 17.6. The second kappa shape index (κ2) is 8.66. The zero-order valence-electron chi connectivity index (χ0n) is 16.1. The normalized spacial score (nSPS) is 13.1.